The van der Waals surface area contributed by atoms with Gasteiger partial charge in [-0.2, -0.15) is 0 Å². The first-order valence-electron chi connectivity index (χ1n) is 10.5. The van der Waals surface area contributed by atoms with Crippen molar-refractivity contribution in [2.24, 2.45) is 11.8 Å². The van der Waals surface area contributed by atoms with Gasteiger partial charge < -0.3 is 9.47 Å². The number of benzene rings is 2. The summed E-state index contributed by atoms with van der Waals surface area (Å²) in [5.41, 5.74) is 4.89. The average Bonchev–Trinajstić information content (AvgIpc) is 3.08. The molecule has 0 radical (unpaired) electrons. The van der Waals surface area contributed by atoms with Crippen molar-refractivity contribution in [3.8, 4) is 16.9 Å². The topological polar surface area (TPSA) is 38.8 Å². The lowest BCUT2D eigenvalue weighted by Crippen LogP contribution is -2.58. The molecule has 150 valence electrons. The molecule has 4 heterocycles. The van der Waals surface area contributed by atoms with Crippen molar-refractivity contribution in [2.75, 3.05) is 20.8 Å². The van der Waals surface area contributed by atoms with Crippen LogP contribution in [0.15, 0.2) is 54.1 Å². The Balaban J connectivity index is 1.41. The normalized spacial score (nSPS) is 31.1. The van der Waals surface area contributed by atoms with Crippen LogP contribution < -0.4 is 4.74 Å². The third-order valence-corrected chi connectivity index (χ3v) is 7.05. The van der Waals surface area contributed by atoms with Gasteiger partial charge in [0.15, 0.2) is 0 Å². The molecule has 4 saturated heterocycles. The van der Waals surface area contributed by atoms with Crippen molar-refractivity contribution in [1.82, 2.24) is 4.90 Å². The fourth-order valence-corrected chi connectivity index (χ4v) is 5.67. The van der Waals surface area contributed by atoms with E-state index in [1.807, 2.05) is 12.1 Å². The van der Waals surface area contributed by atoms with Gasteiger partial charge in [0, 0.05) is 18.6 Å². The molecule has 2 aromatic rings. The number of nitrogens with zero attached hydrogens (tertiary/aromatic N) is 1. The van der Waals surface area contributed by atoms with Gasteiger partial charge in [0.2, 0.25) is 0 Å². The summed E-state index contributed by atoms with van der Waals surface area (Å²) in [5, 5.41) is 0. The predicted octanol–water partition coefficient (Wildman–Crippen LogP) is 4.40. The number of hydrogen-bond donors (Lipinski definition) is 0. The van der Waals surface area contributed by atoms with Crippen molar-refractivity contribution >= 4 is 12.0 Å². The van der Waals surface area contributed by atoms with Crippen molar-refractivity contribution in [3.63, 3.8) is 0 Å². The highest BCUT2D eigenvalue weighted by Crippen LogP contribution is 2.50. The SMILES string of the molecule is COC(=O)[C@H]1[C@@H]2C[C@@H]3CC[C@H]1N3C/C2=C\c1ccc(-c2cccc(OC)c2)cc1. The Morgan fingerprint density at radius 2 is 1.90 bits per heavy atom. The van der Waals surface area contributed by atoms with Gasteiger partial charge in [-0.15, -0.1) is 0 Å². The van der Waals surface area contributed by atoms with E-state index in [-0.39, 0.29) is 11.9 Å². The second kappa shape index (κ2) is 7.34. The quantitative estimate of drug-likeness (QED) is 0.727. The van der Waals surface area contributed by atoms with Crippen LogP contribution in [0.2, 0.25) is 0 Å². The smallest absolute Gasteiger partial charge is 0.310 e. The van der Waals surface area contributed by atoms with E-state index >= 15 is 0 Å². The van der Waals surface area contributed by atoms with Crippen LogP contribution in [0.3, 0.4) is 0 Å². The lowest BCUT2D eigenvalue weighted by Gasteiger charge is -2.50. The number of esters is 1. The number of ether oxygens (including phenoxy) is 2. The summed E-state index contributed by atoms with van der Waals surface area (Å²) in [6.45, 7) is 0.991. The molecule has 0 spiro atoms. The van der Waals surface area contributed by atoms with Gasteiger partial charge in [-0.25, -0.2) is 0 Å². The Kier molecular flexibility index (Phi) is 4.67. The molecule has 5 atom stereocenters. The third kappa shape index (κ3) is 3.16. The first kappa shape index (κ1) is 18.4. The van der Waals surface area contributed by atoms with E-state index in [0.717, 1.165) is 30.7 Å². The highest BCUT2D eigenvalue weighted by atomic mass is 16.5. The summed E-state index contributed by atoms with van der Waals surface area (Å²) < 4.78 is 10.5. The number of carbonyl (C=O) groups is 1. The van der Waals surface area contributed by atoms with Crippen LogP contribution in [0.4, 0.5) is 0 Å². The summed E-state index contributed by atoms with van der Waals surface area (Å²) in [4.78, 5) is 15.1. The Morgan fingerprint density at radius 3 is 2.66 bits per heavy atom. The van der Waals surface area contributed by atoms with Crippen LogP contribution in [0, 0.1) is 11.8 Å². The van der Waals surface area contributed by atoms with Crippen LogP contribution in [0.5, 0.6) is 5.75 Å². The zero-order chi connectivity index (χ0) is 20.0. The molecule has 4 bridgehead atoms. The molecule has 0 N–H and O–H groups in total. The maximum absolute atomic E-state index is 12.5. The summed E-state index contributed by atoms with van der Waals surface area (Å²) in [7, 11) is 3.21. The van der Waals surface area contributed by atoms with Crippen LogP contribution in [-0.2, 0) is 9.53 Å². The molecule has 6 rings (SSSR count). The Labute approximate surface area is 172 Å². The van der Waals surface area contributed by atoms with E-state index in [4.69, 9.17) is 9.47 Å². The fraction of sp³-hybridized carbons (Fsp3) is 0.400. The highest BCUT2D eigenvalue weighted by Gasteiger charge is 2.55. The molecular weight excluding hydrogens is 362 g/mol. The maximum atomic E-state index is 12.5. The monoisotopic (exact) mass is 389 g/mol. The minimum atomic E-state index is -0.0377. The predicted molar refractivity (Wildman–Crippen MR) is 114 cm³/mol. The number of hydrogen-bond acceptors (Lipinski definition) is 4. The second-order valence-electron chi connectivity index (χ2n) is 8.44. The van der Waals surface area contributed by atoms with Gasteiger partial charge >= 0.3 is 5.97 Å². The number of methoxy groups -OCH3 is 2. The minimum Gasteiger partial charge on any atom is -0.497 e. The minimum absolute atomic E-state index is 0.00481. The van der Waals surface area contributed by atoms with Gasteiger partial charge in [0.1, 0.15) is 5.75 Å². The van der Waals surface area contributed by atoms with E-state index in [1.165, 1.54) is 30.2 Å². The molecule has 4 fully saturated rings. The molecular formula is C25H27NO3. The molecule has 4 aliphatic heterocycles. The zero-order valence-electron chi connectivity index (χ0n) is 17.0. The summed E-state index contributed by atoms with van der Waals surface area (Å²) in [6, 6.07) is 17.8. The number of fused-ring (bicyclic) bond motifs is 1. The van der Waals surface area contributed by atoms with Crippen LogP contribution in [0.1, 0.15) is 24.8 Å². The van der Waals surface area contributed by atoms with Crippen molar-refractivity contribution in [3.05, 3.63) is 59.7 Å². The molecule has 0 amide bonds. The van der Waals surface area contributed by atoms with Gasteiger partial charge in [0.25, 0.3) is 0 Å². The highest BCUT2D eigenvalue weighted by molar-refractivity contribution is 5.76. The standard InChI is InChI=1S/C25H27NO3/c1-28-21-5-3-4-18(13-21)17-8-6-16(7-9-17)12-19-15-26-20-10-11-23(26)24(22(19)14-20)25(27)29-2/h3-9,12-13,20,22-24H,10-11,14-15H2,1-2H3/b19-12+/t20-,22+,23+,24-/m0/s1. The molecule has 0 aliphatic carbocycles. The van der Waals surface area contributed by atoms with Crippen molar-refractivity contribution < 1.29 is 14.3 Å². The van der Waals surface area contributed by atoms with E-state index in [1.54, 1.807) is 7.11 Å². The first-order chi connectivity index (χ1) is 14.2. The molecule has 4 nitrogen and oxygen atoms in total. The van der Waals surface area contributed by atoms with E-state index < -0.39 is 0 Å². The molecule has 0 saturated carbocycles. The van der Waals surface area contributed by atoms with Crippen LogP contribution in [-0.4, -0.2) is 43.7 Å². The largest absolute Gasteiger partial charge is 0.497 e. The molecule has 0 aromatic heterocycles. The van der Waals surface area contributed by atoms with E-state index in [2.05, 4.69) is 47.4 Å². The number of piperidine rings is 3. The van der Waals surface area contributed by atoms with E-state index in [0.29, 0.717) is 18.0 Å². The lowest BCUT2D eigenvalue weighted by molar-refractivity contribution is -0.153. The molecule has 1 unspecified atom stereocenters. The van der Waals surface area contributed by atoms with E-state index in [9.17, 15) is 4.79 Å². The Morgan fingerprint density at radius 1 is 1.07 bits per heavy atom. The lowest BCUT2D eigenvalue weighted by atomic mass is 9.71. The van der Waals surface area contributed by atoms with Gasteiger partial charge in [0.05, 0.1) is 20.1 Å². The molecule has 29 heavy (non-hydrogen) atoms. The first-order valence-corrected chi connectivity index (χ1v) is 10.5. The molecule has 2 aromatic carbocycles. The van der Waals surface area contributed by atoms with Gasteiger partial charge in [-0.1, -0.05) is 48.0 Å². The zero-order valence-corrected chi connectivity index (χ0v) is 17.0. The third-order valence-electron chi connectivity index (χ3n) is 7.05. The molecule has 4 aliphatic rings. The fourth-order valence-electron chi connectivity index (χ4n) is 5.67. The summed E-state index contributed by atoms with van der Waals surface area (Å²) in [5.74, 6) is 1.14. The van der Waals surface area contributed by atoms with Gasteiger partial charge in [-0.3, -0.25) is 9.69 Å². The number of rotatable bonds is 4. The summed E-state index contributed by atoms with van der Waals surface area (Å²) >= 11 is 0. The Bertz CT molecular complexity index is 949. The van der Waals surface area contributed by atoms with Crippen molar-refractivity contribution in [1.29, 1.82) is 0 Å². The molecule has 4 heteroatoms. The Hall–Kier alpha value is -2.59. The number of carbonyl (C=O) groups excluding carboxylic acids is 1. The maximum Gasteiger partial charge on any atom is 0.310 e. The summed E-state index contributed by atoms with van der Waals surface area (Å²) in [6.07, 6.45) is 5.73. The second-order valence-corrected chi connectivity index (χ2v) is 8.44. The van der Waals surface area contributed by atoms with Crippen LogP contribution in [0.25, 0.3) is 17.2 Å². The van der Waals surface area contributed by atoms with Crippen LogP contribution >= 0.6 is 0 Å². The van der Waals surface area contributed by atoms with Gasteiger partial charge in [-0.05, 0) is 54.0 Å². The van der Waals surface area contributed by atoms with Crippen molar-refractivity contribution in [2.45, 2.75) is 31.3 Å². The average molecular weight is 389 g/mol.